The number of carbonyl (C=O) groups is 1. The Morgan fingerprint density at radius 2 is 2.27 bits per heavy atom. The molecule has 0 aromatic carbocycles. The Morgan fingerprint density at radius 3 is 2.86 bits per heavy atom. The number of nitrogens with two attached hydrogens (primary N) is 1. The average molecular weight is 309 g/mol. The van der Waals surface area contributed by atoms with E-state index in [0.717, 1.165) is 0 Å². The number of hydrogen-bond acceptors (Lipinski definition) is 8. The predicted molar refractivity (Wildman–Crippen MR) is 74.2 cm³/mol. The van der Waals surface area contributed by atoms with Gasteiger partial charge in [-0.05, 0) is 0 Å². The smallest absolute Gasteiger partial charge is 0.280 e. The van der Waals surface area contributed by atoms with Gasteiger partial charge in [-0.15, -0.1) is 0 Å². The summed E-state index contributed by atoms with van der Waals surface area (Å²) in [7, 11) is 0. The molecule has 10 nitrogen and oxygen atoms in total. The highest BCUT2D eigenvalue weighted by atomic mass is 16.5. The van der Waals surface area contributed by atoms with Gasteiger partial charge < -0.3 is 20.7 Å². The third kappa shape index (κ3) is 2.17. The monoisotopic (exact) mass is 309 g/mol. The van der Waals surface area contributed by atoms with Crippen LogP contribution in [0.5, 0.6) is 0 Å². The first-order valence-electron chi connectivity index (χ1n) is 6.65. The van der Waals surface area contributed by atoms with Crippen LogP contribution in [0.15, 0.2) is 4.79 Å². The number of H-pyrrole nitrogens is 1. The Kier molecular flexibility index (Phi) is 3.43. The number of nitrogens with one attached hydrogen (secondary N) is 1. The zero-order chi connectivity index (χ0) is 16.0. The van der Waals surface area contributed by atoms with Crippen LogP contribution in [0.1, 0.15) is 30.2 Å². The lowest BCUT2D eigenvalue weighted by molar-refractivity contribution is -0.0436. The van der Waals surface area contributed by atoms with Crippen LogP contribution in [0.25, 0.3) is 11.2 Å². The SMILES string of the molecule is CC(=O)c1nc2c(=O)[nH]c(N)nc2n1[C@H]1C[C@H](O)[C@@H](CO)O1. The first kappa shape index (κ1) is 14.6. The number of nitrogen functional groups attached to an aromatic ring is 1. The van der Waals surface area contributed by atoms with Crippen LogP contribution in [0.4, 0.5) is 5.95 Å². The van der Waals surface area contributed by atoms with Crippen LogP contribution < -0.4 is 11.3 Å². The minimum Gasteiger partial charge on any atom is -0.394 e. The predicted octanol–water partition coefficient (Wildman–Crippen LogP) is -1.45. The quantitative estimate of drug-likeness (QED) is 0.501. The number of ketones is 1. The maximum Gasteiger partial charge on any atom is 0.280 e. The number of nitrogens with zero attached hydrogens (tertiary/aromatic N) is 3. The van der Waals surface area contributed by atoms with Gasteiger partial charge >= 0.3 is 0 Å². The minimum absolute atomic E-state index is 0.0191. The number of aromatic amines is 1. The molecule has 0 spiro atoms. The number of hydrogen-bond donors (Lipinski definition) is 4. The summed E-state index contributed by atoms with van der Waals surface area (Å²) >= 11 is 0. The Bertz CT molecular complexity index is 797. The molecule has 3 atom stereocenters. The molecule has 0 unspecified atom stereocenters. The van der Waals surface area contributed by atoms with E-state index in [2.05, 4.69) is 15.0 Å². The second kappa shape index (κ2) is 5.16. The summed E-state index contributed by atoms with van der Waals surface area (Å²) in [5, 5.41) is 19.0. The highest BCUT2D eigenvalue weighted by Gasteiger charge is 2.37. The second-order valence-electron chi connectivity index (χ2n) is 5.10. The number of anilines is 1. The maximum absolute atomic E-state index is 11.9. The summed E-state index contributed by atoms with van der Waals surface area (Å²) in [6.45, 7) is 0.931. The summed E-state index contributed by atoms with van der Waals surface area (Å²) in [5.41, 5.74) is 5.03. The van der Waals surface area contributed by atoms with Crippen molar-refractivity contribution in [3.8, 4) is 0 Å². The average Bonchev–Trinajstić information content (AvgIpc) is 2.99. The van der Waals surface area contributed by atoms with E-state index in [1.807, 2.05) is 0 Å². The highest BCUT2D eigenvalue weighted by Crippen LogP contribution is 2.31. The Balaban J connectivity index is 2.21. The summed E-state index contributed by atoms with van der Waals surface area (Å²) in [5.74, 6) is -0.526. The van der Waals surface area contributed by atoms with Crippen molar-refractivity contribution in [2.75, 3.05) is 12.3 Å². The van der Waals surface area contributed by atoms with Crippen molar-refractivity contribution in [2.45, 2.75) is 31.8 Å². The number of rotatable bonds is 3. The van der Waals surface area contributed by atoms with Crippen molar-refractivity contribution < 1.29 is 19.7 Å². The lowest BCUT2D eigenvalue weighted by Crippen LogP contribution is -2.24. The molecule has 0 saturated carbocycles. The molecule has 1 aliphatic rings. The molecule has 1 aliphatic heterocycles. The molecule has 3 heterocycles. The summed E-state index contributed by atoms with van der Waals surface area (Å²) in [4.78, 5) is 34.0. The van der Waals surface area contributed by atoms with Gasteiger partial charge in [0, 0.05) is 13.3 Å². The Hall–Kier alpha value is -2.30. The van der Waals surface area contributed by atoms with E-state index in [1.54, 1.807) is 0 Å². The molecule has 0 aliphatic carbocycles. The molecular weight excluding hydrogens is 294 g/mol. The number of aromatic nitrogens is 4. The zero-order valence-corrected chi connectivity index (χ0v) is 11.7. The second-order valence-corrected chi connectivity index (χ2v) is 5.10. The van der Waals surface area contributed by atoms with E-state index in [1.165, 1.54) is 11.5 Å². The normalized spacial score (nSPS) is 25.0. The van der Waals surface area contributed by atoms with Gasteiger partial charge in [-0.1, -0.05) is 0 Å². The minimum atomic E-state index is -0.897. The van der Waals surface area contributed by atoms with Gasteiger partial charge in [-0.3, -0.25) is 19.1 Å². The van der Waals surface area contributed by atoms with Crippen molar-refractivity contribution in [3.05, 3.63) is 16.2 Å². The molecule has 0 bridgehead atoms. The molecule has 0 radical (unpaired) electrons. The van der Waals surface area contributed by atoms with Gasteiger partial charge in [0.05, 0.1) is 12.7 Å². The molecule has 2 aromatic heterocycles. The van der Waals surface area contributed by atoms with Gasteiger partial charge in [-0.2, -0.15) is 4.98 Å². The summed E-state index contributed by atoms with van der Waals surface area (Å²) in [6.07, 6.45) is -2.32. The topological polar surface area (TPSA) is 156 Å². The molecule has 2 aromatic rings. The van der Waals surface area contributed by atoms with Crippen LogP contribution in [-0.4, -0.2) is 54.3 Å². The van der Waals surface area contributed by atoms with Gasteiger partial charge in [0.2, 0.25) is 5.95 Å². The van der Waals surface area contributed by atoms with Crippen molar-refractivity contribution in [2.24, 2.45) is 0 Å². The fourth-order valence-corrected chi connectivity index (χ4v) is 2.56. The molecule has 1 fully saturated rings. The number of aliphatic hydroxyl groups is 2. The van der Waals surface area contributed by atoms with Crippen molar-refractivity contribution in [3.63, 3.8) is 0 Å². The maximum atomic E-state index is 11.9. The van der Waals surface area contributed by atoms with Crippen molar-refractivity contribution >= 4 is 22.9 Å². The zero-order valence-electron chi connectivity index (χ0n) is 11.7. The largest absolute Gasteiger partial charge is 0.394 e. The third-order valence-electron chi connectivity index (χ3n) is 3.56. The number of carbonyl (C=O) groups excluding carboxylic acids is 1. The lowest BCUT2D eigenvalue weighted by atomic mass is 10.2. The number of Topliss-reactive ketones (excluding diaryl/α,β-unsaturated/α-hetero) is 1. The fourth-order valence-electron chi connectivity index (χ4n) is 2.56. The standard InChI is InChI=1S/C12H15N5O5/c1-4(19)9-14-8-10(15-12(13)16-11(8)21)17(9)7-2-5(20)6(3-18)22-7/h5-7,18,20H,2-3H2,1H3,(H3,13,15,16,21)/t5-,6+,7+/m0/s1. The molecule has 3 rings (SSSR count). The first-order valence-corrected chi connectivity index (χ1v) is 6.65. The summed E-state index contributed by atoms with van der Waals surface area (Å²) < 4.78 is 6.86. The molecule has 5 N–H and O–H groups in total. The van der Waals surface area contributed by atoms with Crippen LogP contribution in [0.2, 0.25) is 0 Å². The highest BCUT2D eigenvalue weighted by molar-refractivity contribution is 5.94. The van der Waals surface area contributed by atoms with Crippen LogP contribution in [0, 0.1) is 0 Å². The van der Waals surface area contributed by atoms with E-state index in [9.17, 15) is 14.7 Å². The van der Waals surface area contributed by atoms with E-state index < -0.39 is 24.0 Å². The van der Waals surface area contributed by atoms with Gasteiger partial charge in [0.1, 0.15) is 12.3 Å². The molecular formula is C12H15N5O5. The molecule has 10 heteroatoms. The van der Waals surface area contributed by atoms with Crippen LogP contribution >= 0.6 is 0 Å². The van der Waals surface area contributed by atoms with Gasteiger partial charge in [0.25, 0.3) is 5.56 Å². The number of imidazole rings is 1. The van der Waals surface area contributed by atoms with Gasteiger partial charge in [-0.25, -0.2) is 4.98 Å². The molecule has 0 amide bonds. The van der Waals surface area contributed by atoms with E-state index in [4.69, 9.17) is 15.6 Å². The first-order chi connectivity index (χ1) is 10.4. The Labute approximate surface area is 123 Å². The van der Waals surface area contributed by atoms with Crippen molar-refractivity contribution in [1.82, 2.24) is 19.5 Å². The lowest BCUT2D eigenvalue weighted by Gasteiger charge is -2.15. The Morgan fingerprint density at radius 1 is 1.55 bits per heavy atom. The van der Waals surface area contributed by atoms with Crippen LogP contribution in [0.3, 0.4) is 0 Å². The van der Waals surface area contributed by atoms with Crippen LogP contribution in [-0.2, 0) is 4.74 Å². The van der Waals surface area contributed by atoms with E-state index >= 15 is 0 Å². The number of ether oxygens (including phenoxy) is 1. The molecule has 1 saturated heterocycles. The fraction of sp³-hybridized carbons (Fsp3) is 0.500. The summed E-state index contributed by atoms with van der Waals surface area (Å²) in [6, 6.07) is 0. The van der Waals surface area contributed by atoms with E-state index in [-0.39, 0.29) is 41.7 Å². The third-order valence-corrected chi connectivity index (χ3v) is 3.56. The molecule has 22 heavy (non-hydrogen) atoms. The molecule has 118 valence electrons. The van der Waals surface area contributed by atoms with Gasteiger partial charge in [0.15, 0.2) is 22.8 Å². The van der Waals surface area contributed by atoms with E-state index in [0.29, 0.717) is 0 Å². The number of fused-ring (bicyclic) bond motifs is 1. The number of aliphatic hydroxyl groups excluding tert-OH is 2. The van der Waals surface area contributed by atoms with Crippen molar-refractivity contribution in [1.29, 1.82) is 0 Å².